The number of nitrogens with two attached hydrogens (primary N) is 1. The molecule has 0 heterocycles. The van der Waals surface area contributed by atoms with Gasteiger partial charge in [-0.25, -0.2) is 0 Å². The van der Waals surface area contributed by atoms with Crippen molar-refractivity contribution >= 4 is 5.69 Å². The molecule has 91 valence electrons. The van der Waals surface area contributed by atoms with Gasteiger partial charge in [0.05, 0.1) is 0 Å². The second-order valence-electron chi connectivity index (χ2n) is 4.57. The van der Waals surface area contributed by atoms with E-state index in [0.29, 0.717) is 5.69 Å². The molecule has 2 aromatic rings. The topological polar surface area (TPSA) is 26.0 Å². The van der Waals surface area contributed by atoms with Gasteiger partial charge in [-0.1, -0.05) is 30.3 Å². The van der Waals surface area contributed by atoms with Crippen molar-refractivity contribution in [2.24, 2.45) is 0 Å². The first kappa shape index (κ1) is 15.4. The fourth-order valence-electron chi connectivity index (χ4n) is 1.87. The molecule has 0 saturated heterocycles. The summed E-state index contributed by atoms with van der Waals surface area (Å²) in [6.45, 7) is 4.31. The number of aryl methyl sites for hydroxylation is 4. The van der Waals surface area contributed by atoms with Crippen molar-refractivity contribution in [2.45, 2.75) is 26.7 Å². The molecule has 2 rings (SSSR count). The molecular weight excluding hydrogens is 295 g/mol. The predicted octanol–water partition coefficient (Wildman–Crippen LogP) is 3.47. The molecule has 2 aromatic carbocycles. The van der Waals surface area contributed by atoms with Gasteiger partial charge in [0.1, 0.15) is 0 Å². The maximum absolute atomic E-state index is 5.61. The van der Waals surface area contributed by atoms with E-state index < -0.39 is 0 Å². The molecule has 2 N–H and O–H groups in total. The Morgan fingerprint density at radius 2 is 1.61 bits per heavy atom. The summed E-state index contributed by atoms with van der Waals surface area (Å²) in [5.41, 5.74) is 11.7. The van der Waals surface area contributed by atoms with E-state index in [2.05, 4.69) is 44.2 Å². The molecule has 0 aliphatic rings. The molecule has 0 unspecified atom stereocenters. The zero-order valence-corrected chi connectivity index (χ0v) is 13.9. The predicted molar refractivity (Wildman–Crippen MR) is 73.0 cm³/mol. The van der Waals surface area contributed by atoms with Crippen molar-refractivity contribution in [1.29, 1.82) is 0 Å². The van der Waals surface area contributed by atoms with E-state index >= 15 is 0 Å². The third kappa shape index (κ3) is 4.22. The van der Waals surface area contributed by atoms with E-state index in [1.165, 1.54) is 22.3 Å². The van der Waals surface area contributed by atoms with E-state index in [4.69, 9.17) is 5.73 Å². The quantitative estimate of drug-likeness (QED) is 0.681. The van der Waals surface area contributed by atoms with Gasteiger partial charge in [-0.2, -0.15) is 23.8 Å². The number of nitrogen functional groups attached to an aromatic ring is 1. The third-order valence-corrected chi connectivity index (χ3v) is 3.17. The molecule has 0 amide bonds. The van der Waals surface area contributed by atoms with Gasteiger partial charge in [0.25, 0.3) is 0 Å². The fraction of sp³-hybridized carbons (Fsp3) is 0.250. The summed E-state index contributed by atoms with van der Waals surface area (Å²) in [6.07, 6.45) is 2.11. The first-order valence-corrected chi connectivity index (χ1v) is 5.97. The van der Waals surface area contributed by atoms with Gasteiger partial charge in [-0.15, -0.1) is 6.07 Å². The van der Waals surface area contributed by atoms with Crippen LogP contribution in [0.15, 0.2) is 36.4 Å². The van der Waals surface area contributed by atoms with Crippen LogP contribution in [-0.4, -0.2) is 0 Å². The summed E-state index contributed by atoms with van der Waals surface area (Å²) < 4.78 is 0. The van der Waals surface area contributed by atoms with E-state index in [1.807, 2.05) is 12.1 Å². The standard InChI is InChI=1S/C16H18N.Y/c1-12-3-4-15(11-13(12)2)6-5-14-7-9-16(17)10-8-14;/h3-4,7-9,11H,5-6,17H2,1-2H3;/q-1;. The SMILES string of the molecule is Cc1ccc(CCc2c[c-]c(N)cc2)cc1C.[Y]. The first-order valence-electron chi connectivity index (χ1n) is 5.97. The molecule has 1 radical (unpaired) electrons. The van der Waals surface area contributed by atoms with Crippen LogP contribution in [0.1, 0.15) is 22.3 Å². The van der Waals surface area contributed by atoms with E-state index in [-0.39, 0.29) is 32.7 Å². The maximum Gasteiger partial charge on any atom is 0 e. The summed E-state index contributed by atoms with van der Waals surface area (Å²) >= 11 is 0. The van der Waals surface area contributed by atoms with Crippen LogP contribution in [-0.2, 0) is 45.6 Å². The molecule has 0 spiro atoms. The Labute approximate surface area is 135 Å². The van der Waals surface area contributed by atoms with Gasteiger partial charge in [0, 0.05) is 32.7 Å². The molecule has 0 saturated carbocycles. The monoisotopic (exact) mass is 313 g/mol. The average molecular weight is 313 g/mol. The van der Waals surface area contributed by atoms with Crippen molar-refractivity contribution in [3.8, 4) is 0 Å². The summed E-state index contributed by atoms with van der Waals surface area (Å²) in [4.78, 5) is 0. The summed E-state index contributed by atoms with van der Waals surface area (Å²) in [7, 11) is 0. The molecule has 18 heavy (non-hydrogen) atoms. The van der Waals surface area contributed by atoms with Gasteiger partial charge in [-0.3, -0.25) is 0 Å². The third-order valence-electron chi connectivity index (χ3n) is 3.17. The Bertz CT molecular complexity index is 503. The second kappa shape index (κ2) is 7.06. The van der Waals surface area contributed by atoms with Crippen molar-refractivity contribution in [3.05, 3.63) is 64.7 Å². The Morgan fingerprint density at radius 1 is 0.944 bits per heavy atom. The van der Waals surface area contributed by atoms with Gasteiger partial charge < -0.3 is 5.73 Å². The van der Waals surface area contributed by atoms with Crippen LogP contribution in [0.4, 0.5) is 5.69 Å². The van der Waals surface area contributed by atoms with Crippen LogP contribution in [0.3, 0.4) is 0 Å². The molecule has 0 fully saturated rings. The fourth-order valence-corrected chi connectivity index (χ4v) is 1.87. The number of benzene rings is 2. The molecule has 0 bridgehead atoms. The van der Waals surface area contributed by atoms with Crippen molar-refractivity contribution in [1.82, 2.24) is 0 Å². The minimum absolute atomic E-state index is 0. The van der Waals surface area contributed by atoms with Crippen LogP contribution < -0.4 is 5.73 Å². The molecule has 0 atom stereocenters. The van der Waals surface area contributed by atoms with E-state index in [9.17, 15) is 0 Å². The molecule has 0 aliphatic carbocycles. The van der Waals surface area contributed by atoms with Crippen molar-refractivity contribution < 1.29 is 32.7 Å². The van der Waals surface area contributed by atoms with E-state index in [1.54, 1.807) is 0 Å². The van der Waals surface area contributed by atoms with Gasteiger partial charge in [0.15, 0.2) is 0 Å². The normalized spacial score (nSPS) is 9.89. The average Bonchev–Trinajstić information content (AvgIpc) is 2.33. The van der Waals surface area contributed by atoms with Crippen molar-refractivity contribution in [3.63, 3.8) is 0 Å². The minimum atomic E-state index is 0. The summed E-state index contributed by atoms with van der Waals surface area (Å²) in [5.74, 6) is 0. The largest absolute Gasteiger partial charge is 0.420 e. The number of rotatable bonds is 3. The smallest absolute Gasteiger partial charge is 0 e. The molecule has 0 aliphatic heterocycles. The van der Waals surface area contributed by atoms with Crippen LogP contribution in [0, 0.1) is 19.9 Å². The zero-order valence-electron chi connectivity index (χ0n) is 11.0. The van der Waals surface area contributed by atoms with Crippen LogP contribution in [0.2, 0.25) is 0 Å². The van der Waals surface area contributed by atoms with Crippen LogP contribution in [0.5, 0.6) is 0 Å². The number of hydrogen-bond acceptors (Lipinski definition) is 1. The van der Waals surface area contributed by atoms with Crippen LogP contribution in [0.25, 0.3) is 0 Å². The first-order chi connectivity index (χ1) is 8.15. The molecule has 2 heteroatoms. The summed E-state index contributed by atoms with van der Waals surface area (Å²) in [6, 6.07) is 15.7. The van der Waals surface area contributed by atoms with E-state index in [0.717, 1.165) is 12.8 Å². The number of hydrogen-bond donors (Lipinski definition) is 1. The number of anilines is 1. The molecule has 1 nitrogen and oxygen atoms in total. The second-order valence-corrected chi connectivity index (χ2v) is 4.57. The molecular formula is C16H18NY-. The summed E-state index contributed by atoms with van der Waals surface area (Å²) in [5, 5.41) is 0. The maximum atomic E-state index is 5.61. The Morgan fingerprint density at radius 3 is 2.22 bits per heavy atom. The zero-order chi connectivity index (χ0) is 12.3. The molecule has 0 aromatic heterocycles. The van der Waals surface area contributed by atoms with Gasteiger partial charge in [0.2, 0.25) is 0 Å². The Balaban J connectivity index is 0.00000162. The van der Waals surface area contributed by atoms with Crippen LogP contribution >= 0.6 is 0 Å². The van der Waals surface area contributed by atoms with Gasteiger partial charge in [-0.05, 0) is 37.0 Å². The Kier molecular flexibility index (Phi) is 6.04. The minimum Gasteiger partial charge on any atom is -0.420 e. The van der Waals surface area contributed by atoms with Gasteiger partial charge >= 0.3 is 0 Å². The Hall–Kier alpha value is -0.656. The van der Waals surface area contributed by atoms with Crippen molar-refractivity contribution in [2.75, 3.05) is 5.73 Å².